The number of rotatable bonds is 4. The van der Waals surface area contributed by atoms with Gasteiger partial charge in [-0.15, -0.1) is 0 Å². The van der Waals surface area contributed by atoms with Crippen LogP contribution in [-0.4, -0.2) is 15.7 Å². The molecule has 1 aromatic carbocycles. The Balaban J connectivity index is 1.97. The predicted molar refractivity (Wildman–Crippen MR) is 85.3 cm³/mol. The minimum absolute atomic E-state index is 0.200. The van der Waals surface area contributed by atoms with Crippen molar-refractivity contribution in [1.29, 1.82) is 0 Å². The highest BCUT2D eigenvalue weighted by molar-refractivity contribution is 6.31. The minimum Gasteiger partial charge on any atom is -0.348 e. The number of aromatic nitrogens is 2. The summed E-state index contributed by atoms with van der Waals surface area (Å²) in [7, 11) is 1.76. The minimum atomic E-state index is -0.200. The molecule has 21 heavy (non-hydrogen) atoms. The average molecular weight is 324 g/mol. The van der Waals surface area contributed by atoms with E-state index in [1.807, 2.05) is 25.1 Å². The number of hydrogen-bond donors (Lipinski definition) is 1. The maximum Gasteiger partial charge on any atom is 0.244 e. The molecule has 0 aliphatic rings. The van der Waals surface area contributed by atoms with Gasteiger partial charge in [0.2, 0.25) is 5.91 Å². The fourth-order valence-corrected chi connectivity index (χ4v) is 2.34. The molecule has 1 amide bonds. The van der Waals surface area contributed by atoms with Crippen LogP contribution in [-0.2, 0) is 18.4 Å². The van der Waals surface area contributed by atoms with E-state index in [-0.39, 0.29) is 5.91 Å². The normalized spacial score (nSPS) is 11.0. The Bertz CT molecular complexity index is 692. The number of benzene rings is 1. The first kappa shape index (κ1) is 15.6. The molecule has 1 heterocycles. The summed E-state index contributed by atoms with van der Waals surface area (Å²) in [5, 5.41) is 8.12. The van der Waals surface area contributed by atoms with Crippen LogP contribution < -0.4 is 5.32 Å². The van der Waals surface area contributed by atoms with Gasteiger partial charge < -0.3 is 5.32 Å². The molecule has 0 fully saturated rings. The molecule has 0 bridgehead atoms. The second-order valence-electron chi connectivity index (χ2n) is 4.59. The van der Waals surface area contributed by atoms with Crippen LogP contribution in [0.4, 0.5) is 0 Å². The monoisotopic (exact) mass is 323 g/mol. The van der Waals surface area contributed by atoms with E-state index in [0.29, 0.717) is 16.7 Å². The van der Waals surface area contributed by atoms with Crippen LogP contribution in [0.2, 0.25) is 10.2 Å². The lowest BCUT2D eigenvalue weighted by Gasteiger charge is -2.02. The molecule has 0 spiro atoms. The van der Waals surface area contributed by atoms with E-state index in [1.165, 1.54) is 6.08 Å². The van der Waals surface area contributed by atoms with Crippen LogP contribution in [0.25, 0.3) is 6.08 Å². The second kappa shape index (κ2) is 6.78. The van der Waals surface area contributed by atoms with Gasteiger partial charge in [0.25, 0.3) is 0 Å². The molecule has 0 saturated carbocycles. The number of hydrogen-bond acceptors (Lipinski definition) is 2. The molecule has 2 rings (SSSR count). The number of nitrogens with one attached hydrogen (secondary N) is 1. The Morgan fingerprint density at radius 2 is 2.19 bits per heavy atom. The molecule has 0 unspecified atom stereocenters. The first-order chi connectivity index (χ1) is 9.97. The molecular weight excluding hydrogens is 309 g/mol. The van der Waals surface area contributed by atoms with Gasteiger partial charge in [0.1, 0.15) is 5.15 Å². The van der Waals surface area contributed by atoms with Crippen LogP contribution >= 0.6 is 23.2 Å². The van der Waals surface area contributed by atoms with Crippen molar-refractivity contribution in [2.75, 3.05) is 0 Å². The molecule has 0 atom stereocenters. The summed E-state index contributed by atoms with van der Waals surface area (Å²) in [4.78, 5) is 11.8. The fraction of sp³-hybridized carbons (Fsp3) is 0.200. The lowest BCUT2D eigenvalue weighted by atomic mass is 10.2. The largest absolute Gasteiger partial charge is 0.348 e. The van der Waals surface area contributed by atoms with E-state index in [0.717, 1.165) is 16.8 Å². The van der Waals surface area contributed by atoms with Crippen LogP contribution in [0.5, 0.6) is 0 Å². The second-order valence-corrected chi connectivity index (χ2v) is 5.39. The summed E-state index contributed by atoms with van der Waals surface area (Å²) < 4.78 is 1.57. The molecule has 110 valence electrons. The zero-order valence-corrected chi connectivity index (χ0v) is 13.2. The SMILES string of the molecule is Cc1nn(C)c(Cl)c1/C=C/C(=O)NCc1cccc(Cl)c1. The Kier molecular flexibility index (Phi) is 5.04. The van der Waals surface area contributed by atoms with E-state index in [2.05, 4.69) is 10.4 Å². The highest BCUT2D eigenvalue weighted by Crippen LogP contribution is 2.19. The van der Waals surface area contributed by atoms with Crippen molar-refractivity contribution in [2.45, 2.75) is 13.5 Å². The van der Waals surface area contributed by atoms with E-state index in [4.69, 9.17) is 23.2 Å². The summed E-state index contributed by atoms with van der Waals surface area (Å²) in [6.07, 6.45) is 3.11. The van der Waals surface area contributed by atoms with Crippen LogP contribution in [0.15, 0.2) is 30.3 Å². The van der Waals surface area contributed by atoms with E-state index in [9.17, 15) is 4.79 Å². The Hall–Kier alpha value is -1.78. The summed E-state index contributed by atoms with van der Waals surface area (Å²) in [6.45, 7) is 2.26. The number of halogens is 2. The molecule has 1 aromatic heterocycles. The van der Waals surface area contributed by atoms with Crippen molar-refractivity contribution in [1.82, 2.24) is 15.1 Å². The lowest BCUT2D eigenvalue weighted by molar-refractivity contribution is -0.116. The quantitative estimate of drug-likeness (QED) is 0.877. The standard InChI is InChI=1S/C15H15Cl2N3O/c1-10-13(15(17)20(2)19-10)6-7-14(21)18-9-11-4-3-5-12(16)8-11/h3-8H,9H2,1-2H3,(H,18,21)/b7-6+. The van der Waals surface area contributed by atoms with Gasteiger partial charge in [-0.1, -0.05) is 35.3 Å². The fourth-order valence-electron chi connectivity index (χ4n) is 1.89. The molecular formula is C15H15Cl2N3O. The number of carbonyl (C=O) groups excluding carboxylic acids is 1. The third-order valence-electron chi connectivity index (χ3n) is 2.95. The van der Waals surface area contributed by atoms with Gasteiger partial charge in [-0.2, -0.15) is 5.10 Å². The third kappa shape index (κ3) is 4.09. The van der Waals surface area contributed by atoms with Gasteiger partial charge in [-0.3, -0.25) is 9.48 Å². The van der Waals surface area contributed by atoms with Crippen molar-refractivity contribution in [3.8, 4) is 0 Å². The maximum atomic E-state index is 11.8. The van der Waals surface area contributed by atoms with Gasteiger partial charge in [0.05, 0.1) is 5.69 Å². The molecule has 1 N–H and O–H groups in total. The van der Waals surface area contributed by atoms with Crippen LogP contribution in [0, 0.1) is 6.92 Å². The lowest BCUT2D eigenvalue weighted by Crippen LogP contribution is -2.20. The molecule has 4 nitrogen and oxygen atoms in total. The van der Waals surface area contributed by atoms with Gasteiger partial charge in [0.15, 0.2) is 0 Å². The van der Waals surface area contributed by atoms with Gasteiger partial charge in [0, 0.05) is 30.3 Å². The topological polar surface area (TPSA) is 46.9 Å². The van der Waals surface area contributed by atoms with Crippen molar-refractivity contribution in [3.63, 3.8) is 0 Å². The number of amides is 1. The Morgan fingerprint density at radius 3 is 2.81 bits per heavy atom. The van der Waals surface area contributed by atoms with Gasteiger partial charge in [-0.05, 0) is 30.7 Å². The summed E-state index contributed by atoms with van der Waals surface area (Å²) >= 11 is 12.0. The Labute approximate surface area is 133 Å². The summed E-state index contributed by atoms with van der Waals surface area (Å²) in [5.74, 6) is -0.200. The van der Waals surface area contributed by atoms with E-state index < -0.39 is 0 Å². The highest BCUT2D eigenvalue weighted by atomic mass is 35.5. The highest BCUT2D eigenvalue weighted by Gasteiger charge is 2.08. The van der Waals surface area contributed by atoms with Gasteiger partial charge >= 0.3 is 0 Å². The first-order valence-electron chi connectivity index (χ1n) is 6.37. The molecule has 0 radical (unpaired) electrons. The zero-order chi connectivity index (χ0) is 15.4. The Morgan fingerprint density at radius 1 is 1.43 bits per heavy atom. The van der Waals surface area contributed by atoms with Crippen molar-refractivity contribution < 1.29 is 4.79 Å². The number of carbonyl (C=O) groups is 1. The number of nitrogens with zero attached hydrogens (tertiary/aromatic N) is 2. The first-order valence-corrected chi connectivity index (χ1v) is 7.12. The summed E-state index contributed by atoms with van der Waals surface area (Å²) in [6, 6.07) is 7.35. The van der Waals surface area contributed by atoms with Crippen molar-refractivity contribution >= 4 is 35.2 Å². The van der Waals surface area contributed by atoms with E-state index >= 15 is 0 Å². The van der Waals surface area contributed by atoms with Gasteiger partial charge in [-0.25, -0.2) is 0 Å². The summed E-state index contributed by atoms with van der Waals surface area (Å²) in [5.41, 5.74) is 2.47. The molecule has 0 aliphatic carbocycles. The molecule has 6 heteroatoms. The predicted octanol–water partition coefficient (Wildman–Crippen LogP) is 3.36. The molecule has 0 aliphatic heterocycles. The number of aryl methyl sites for hydroxylation is 2. The van der Waals surface area contributed by atoms with Crippen molar-refractivity contribution in [2.24, 2.45) is 7.05 Å². The maximum absolute atomic E-state index is 11.8. The van der Waals surface area contributed by atoms with Crippen LogP contribution in [0.1, 0.15) is 16.8 Å². The molecule has 0 saturated heterocycles. The van der Waals surface area contributed by atoms with Crippen LogP contribution in [0.3, 0.4) is 0 Å². The van der Waals surface area contributed by atoms with E-state index in [1.54, 1.807) is 23.9 Å². The average Bonchev–Trinajstić information content (AvgIpc) is 2.68. The smallest absolute Gasteiger partial charge is 0.244 e. The molecule has 2 aromatic rings. The zero-order valence-electron chi connectivity index (χ0n) is 11.7. The third-order valence-corrected chi connectivity index (χ3v) is 3.64. The van der Waals surface area contributed by atoms with Crippen molar-refractivity contribution in [3.05, 3.63) is 57.3 Å².